The molecule has 0 aliphatic carbocycles. The van der Waals surface area contributed by atoms with Crippen molar-refractivity contribution in [2.75, 3.05) is 0 Å². The van der Waals surface area contributed by atoms with E-state index >= 15 is 0 Å². The van der Waals surface area contributed by atoms with Gasteiger partial charge in [0.15, 0.2) is 0 Å². The van der Waals surface area contributed by atoms with Gasteiger partial charge in [0.05, 0.1) is 10.6 Å². The first-order valence-corrected chi connectivity index (χ1v) is 5.09. The molecular formula is C13H10N2O2. The van der Waals surface area contributed by atoms with Crippen molar-refractivity contribution in [3.63, 3.8) is 0 Å². The van der Waals surface area contributed by atoms with Gasteiger partial charge in [-0.3, -0.25) is 15.1 Å². The van der Waals surface area contributed by atoms with E-state index in [0.29, 0.717) is 5.69 Å². The van der Waals surface area contributed by atoms with Gasteiger partial charge in [0.2, 0.25) is 0 Å². The van der Waals surface area contributed by atoms with E-state index in [9.17, 15) is 10.1 Å². The average Bonchev–Trinajstić information content (AvgIpc) is 2.38. The van der Waals surface area contributed by atoms with Crippen LogP contribution in [0.15, 0.2) is 48.7 Å². The predicted molar refractivity (Wildman–Crippen MR) is 66.3 cm³/mol. The molecule has 1 aromatic heterocycles. The molecular weight excluding hydrogens is 216 g/mol. The Balaban J connectivity index is 2.22. The monoisotopic (exact) mass is 226 g/mol. The minimum atomic E-state index is -0.429. The Bertz CT molecular complexity index is 550. The number of nitrogens with zero attached hydrogens (tertiary/aromatic N) is 2. The van der Waals surface area contributed by atoms with Crippen molar-refractivity contribution < 1.29 is 4.92 Å². The van der Waals surface area contributed by atoms with Crippen LogP contribution < -0.4 is 0 Å². The summed E-state index contributed by atoms with van der Waals surface area (Å²) >= 11 is 0. The molecule has 0 aliphatic rings. The van der Waals surface area contributed by atoms with Gasteiger partial charge in [-0.05, 0) is 11.6 Å². The maximum Gasteiger partial charge on any atom is 0.273 e. The van der Waals surface area contributed by atoms with Crippen LogP contribution in [-0.4, -0.2) is 9.91 Å². The molecule has 0 spiro atoms. The number of hydrogen-bond acceptors (Lipinski definition) is 3. The molecule has 4 heteroatoms. The topological polar surface area (TPSA) is 56.0 Å². The molecule has 0 bridgehead atoms. The fraction of sp³-hybridized carbons (Fsp3) is 0. The smallest absolute Gasteiger partial charge is 0.258 e. The largest absolute Gasteiger partial charge is 0.273 e. The molecule has 1 heterocycles. The van der Waals surface area contributed by atoms with Crippen molar-refractivity contribution in [3.05, 3.63) is 70.0 Å². The second-order valence-electron chi connectivity index (χ2n) is 3.44. The zero-order chi connectivity index (χ0) is 12.1. The number of hydrogen-bond donors (Lipinski definition) is 0. The molecule has 0 fully saturated rings. The van der Waals surface area contributed by atoms with Gasteiger partial charge in [0.1, 0.15) is 0 Å². The Labute approximate surface area is 98.4 Å². The number of benzene rings is 1. The molecule has 0 atom stereocenters. The van der Waals surface area contributed by atoms with E-state index in [1.807, 2.05) is 36.4 Å². The first-order chi connectivity index (χ1) is 8.25. The van der Waals surface area contributed by atoms with Crippen LogP contribution >= 0.6 is 0 Å². The molecule has 0 saturated heterocycles. The lowest BCUT2D eigenvalue weighted by molar-refractivity contribution is -0.384. The average molecular weight is 226 g/mol. The minimum absolute atomic E-state index is 0.0488. The lowest BCUT2D eigenvalue weighted by Gasteiger charge is -1.94. The van der Waals surface area contributed by atoms with Crippen LogP contribution in [0.1, 0.15) is 11.3 Å². The van der Waals surface area contributed by atoms with Crippen molar-refractivity contribution in [3.8, 4) is 0 Å². The van der Waals surface area contributed by atoms with Crippen LogP contribution in [0.5, 0.6) is 0 Å². The van der Waals surface area contributed by atoms with Gasteiger partial charge >= 0.3 is 0 Å². The van der Waals surface area contributed by atoms with Crippen LogP contribution in [0, 0.1) is 10.1 Å². The second kappa shape index (κ2) is 5.03. The molecule has 84 valence electrons. The maximum absolute atomic E-state index is 10.6. The molecule has 0 saturated carbocycles. The van der Waals surface area contributed by atoms with E-state index in [0.717, 1.165) is 5.56 Å². The molecule has 17 heavy (non-hydrogen) atoms. The summed E-state index contributed by atoms with van der Waals surface area (Å²) in [4.78, 5) is 14.2. The van der Waals surface area contributed by atoms with Crippen LogP contribution in [0.25, 0.3) is 12.2 Å². The van der Waals surface area contributed by atoms with Gasteiger partial charge in [0, 0.05) is 18.3 Å². The van der Waals surface area contributed by atoms with E-state index in [4.69, 9.17) is 0 Å². The van der Waals surface area contributed by atoms with E-state index in [-0.39, 0.29) is 5.69 Å². The standard InChI is InChI=1S/C13H10N2O2/c16-15(17)13-8-9-14-12(10-13)7-6-11-4-2-1-3-5-11/h1-10H/b7-6+. The number of rotatable bonds is 3. The van der Waals surface area contributed by atoms with Gasteiger partial charge in [-0.1, -0.05) is 36.4 Å². The second-order valence-corrected chi connectivity index (χ2v) is 3.44. The summed E-state index contributed by atoms with van der Waals surface area (Å²) in [6, 6.07) is 12.5. The molecule has 1 aromatic carbocycles. The van der Waals surface area contributed by atoms with Crippen molar-refractivity contribution in [1.82, 2.24) is 4.98 Å². The van der Waals surface area contributed by atoms with Gasteiger partial charge in [0.25, 0.3) is 5.69 Å². The maximum atomic E-state index is 10.6. The molecule has 0 amide bonds. The third kappa shape index (κ3) is 2.98. The highest BCUT2D eigenvalue weighted by molar-refractivity contribution is 5.68. The normalized spacial score (nSPS) is 10.6. The Morgan fingerprint density at radius 2 is 1.88 bits per heavy atom. The fourth-order valence-electron chi connectivity index (χ4n) is 1.39. The third-order valence-electron chi connectivity index (χ3n) is 2.22. The van der Waals surface area contributed by atoms with Gasteiger partial charge < -0.3 is 0 Å². The summed E-state index contributed by atoms with van der Waals surface area (Å²) in [7, 11) is 0. The number of nitro groups is 1. The zero-order valence-corrected chi connectivity index (χ0v) is 8.98. The van der Waals surface area contributed by atoms with E-state index in [1.165, 1.54) is 18.3 Å². The number of aromatic nitrogens is 1. The molecule has 2 aromatic rings. The quantitative estimate of drug-likeness (QED) is 0.596. The van der Waals surface area contributed by atoms with Crippen molar-refractivity contribution >= 4 is 17.8 Å². The zero-order valence-electron chi connectivity index (χ0n) is 8.98. The third-order valence-corrected chi connectivity index (χ3v) is 2.22. The SMILES string of the molecule is O=[N+]([O-])c1ccnc(/C=C/c2ccccc2)c1. The summed E-state index contributed by atoms with van der Waals surface area (Å²) in [5.74, 6) is 0. The van der Waals surface area contributed by atoms with Gasteiger partial charge in [-0.25, -0.2) is 0 Å². The Morgan fingerprint density at radius 3 is 2.59 bits per heavy atom. The predicted octanol–water partition coefficient (Wildman–Crippen LogP) is 3.16. The van der Waals surface area contributed by atoms with Crippen LogP contribution in [0.4, 0.5) is 5.69 Å². The first kappa shape index (κ1) is 11.0. The highest BCUT2D eigenvalue weighted by Gasteiger charge is 2.04. The first-order valence-electron chi connectivity index (χ1n) is 5.09. The molecule has 0 radical (unpaired) electrons. The van der Waals surface area contributed by atoms with E-state index in [2.05, 4.69) is 4.98 Å². The van der Waals surface area contributed by atoms with Crippen LogP contribution in [-0.2, 0) is 0 Å². The Morgan fingerprint density at radius 1 is 1.12 bits per heavy atom. The molecule has 0 unspecified atom stereocenters. The van der Waals surface area contributed by atoms with Gasteiger partial charge in [-0.2, -0.15) is 0 Å². The number of pyridine rings is 1. The molecule has 0 N–H and O–H groups in total. The Hall–Kier alpha value is -2.49. The Kier molecular flexibility index (Phi) is 3.25. The lowest BCUT2D eigenvalue weighted by Crippen LogP contribution is -1.89. The van der Waals surface area contributed by atoms with Crippen molar-refractivity contribution in [2.45, 2.75) is 0 Å². The molecule has 0 aliphatic heterocycles. The minimum Gasteiger partial charge on any atom is -0.258 e. The van der Waals surface area contributed by atoms with Gasteiger partial charge in [-0.15, -0.1) is 0 Å². The van der Waals surface area contributed by atoms with E-state index in [1.54, 1.807) is 6.08 Å². The molecule has 4 nitrogen and oxygen atoms in total. The van der Waals surface area contributed by atoms with Crippen molar-refractivity contribution in [1.29, 1.82) is 0 Å². The summed E-state index contributed by atoms with van der Waals surface area (Å²) in [6.45, 7) is 0. The highest BCUT2D eigenvalue weighted by atomic mass is 16.6. The van der Waals surface area contributed by atoms with Crippen LogP contribution in [0.3, 0.4) is 0 Å². The summed E-state index contributed by atoms with van der Waals surface area (Å²) in [5.41, 5.74) is 1.65. The summed E-state index contributed by atoms with van der Waals surface area (Å²) < 4.78 is 0. The fourth-order valence-corrected chi connectivity index (χ4v) is 1.39. The summed E-state index contributed by atoms with van der Waals surface area (Å²) in [6.07, 6.45) is 5.05. The lowest BCUT2D eigenvalue weighted by atomic mass is 10.2. The molecule has 2 rings (SSSR count). The van der Waals surface area contributed by atoms with E-state index < -0.39 is 4.92 Å². The van der Waals surface area contributed by atoms with Crippen LogP contribution in [0.2, 0.25) is 0 Å². The highest BCUT2D eigenvalue weighted by Crippen LogP contribution is 2.13. The van der Waals surface area contributed by atoms with Crippen molar-refractivity contribution in [2.24, 2.45) is 0 Å². The summed E-state index contributed by atoms with van der Waals surface area (Å²) in [5, 5.41) is 10.6.